The Morgan fingerprint density at radius 1 is 0.724 bits per heavy atom. The molecule has 0 atom stereocenters. The molecule has 5 rings (SSSR count). The van der Waals surface area contributed by atoms with Gasteiger partial charge in [0, 0.05) is 6.42 Å². The molecule has 0 unspecified atom stereocenters. The molecular weight excluding hydrogens is 352 g/mol. The lowest BCUT2D eigenvalue weighted by Gasteiger charge is -2.15. The molecule has 1 heterocycles. The molecule has 0 aliphatic heterocycles. The van der Waals surface area contributed by atoms with Gasteiger partial charge in [0.15, 0.2) is 0 Å². The molecule has 142 valence electrons. The molecule has 1 aromatic heterocycles. The SMILES string of the molecule is Cc1ccc(C2=Cc3c(cc(C)c(C)c3-c3ccc(-c4ccccc4)cc3)C2)o1. The molecule has 29 heavy (non-hydrogen) atoms. The van der Waals surface area contributed by atoms with Crippen LogP contribution in [0.3, 0.4) is 0 Å². The van der Waals surface area contributed by atoms with Gasteiger partial charge < -0.3 is 4.42 Å². The molecule has 0 saturated carbocycles. The fraction of sp³-hybridized carbons (Fsp3) is 0.143. The van der Waals surface area contributed by atoms with E-state index in [0.717, 1.165) is 17.9 Å². The number of furan rings is 1. The molecule has 3 aromatic carbocycles. The van der Waals surface area contributed by atoms with Crippen molar-refractivity contribution < 1.29 is 4.42 Å². The Kier molecular flexibility index (Phi) is 4.24. The van der Waals surface area contributed by atoms with Gasteiger partial charge in [-0.15, -0.1) is 0 Å². The lowest BCUT2D eigenvalue weighted by atomic mass is 9.89. The van der Waals surface area contributed by atoms with Crippen molar-refractivity contribution in [2.75, 3.05) is 0 Å². The van der Waals surface area contributed by atoms with Crippen LogP contribution in [0.4, 0.5) is 0 Å². The van der Waals surface area contributed by atoms with Crippen LogP contribution >= 0.6 is 0 Å². The van der Waals surface area contributed by atoms with Crippen LogP contribution in [0.2, 0.25) is 0 Å². The Bertz CT molecular complexity index is 1220. The Hall–Kier alpha value is -3.32. The Morgan fingerprint density at radius 3 is 2.10 bits per heavy atom. The van der Waals surface area contributed by atoms with Crippen LogP contribution in [0.5, 0.6) is 0 Å². The van der Waals surface area contributed by atoms with Crippen LogP contribution in [-0.4, -0.2) is 0 Å². The first kappa shape index (κ1) is 17.8. The van der Waals surface area contributed by atoms with Gasteiger partial charge in [-0.25, -0.2) is 0 Å². The number of benzene rings is 3. The van der Waals surface area contributed by atoms with Crippen molar-refractivity contribution >= 4 is 11.6 Å². The summed E-state index contributed by atoms with van der Waals surface area (Å²) in [5.41, 5.74) is 11.8. The van der Waals surface area contributed by atoms with Gasteiger partial charge in [-0.3, -0.25) is 0 Å². The Morgan fingerprint density at radius 2 is 1.41 bits per heavy atom. The van der Waals surface area contributed by atoms with E-state index in [-0.39, 0.29) is 0 Å². The van der Waals surface area contributed by atoms with Crippen molar-refractivity contribution in [3.8, 4) is 22.3 Å². The lowest BCUT2D eigenvalue weighted by molar-refractivity contribution is 0.521. The summed E-state index contributed by atoms with van der Waals surface area (Å²) in [5.74, 6) is 1.94. The predicted octanol–water partition coefficient (Wildman–Crippen LogP) is 7.64. The van der Waals surface area contributed by atoms with Gasteiger partial charge in [0.05, 0.1) is 0 Å². The minimum atomic E-state index is 0.929. The van der Waals surface area contributed by atoms with E-state index >= 15 is 0 Å². The fourth-order valence-electron chi connectivity index (χ4n) is 4.35. The second kappa shape index (κ2) is 6.93. The highest BCUT2D eigenvalue weighted by molar-refractivity contribution is 5.94. The summed E-state index contributed by atoms with van der Waals surface area (Å²) in [7, 11) is 0. The van der Waals surface area contributed by atoms with Gasteiger partial charge in [-0.2, -0.15) is 0 Å². The van der Waals surface area contributed by atoms with Gasteiger partial charge in [0.2, 0.25) is 0 Å². The molecule has 1 heteroatoms. The fourth-order valence-corrected chi connectivity index (χ4v) is 4.35. The van der Waals surface area contributed by atoms with Gasteiger partial charge >= 0.3 is 0 Å². The third-order valence-corrected chi connectivity index (χ3v) is 6.01. The number of hydrogen-bond donors (Lipinski definition) is 0. The van der Waals surface area contributed by atoms with Crippen molar-refractivity contribution in [3.63, 3.8) is 0 Å². The van der Waals surface area contributed by atoms with Crippen molar-refractivity contribution in [2.45, 2.75) is 27.2 Å². The summed E-state index contributed by atoms with van der Waals surface area (Å²) in [6.45, 7) is 6.45. The van der Waals surface area contributed by atoms with Gasteiger partial charge in [-0.1, -0.05) is 60.7 Å². The molecule has 4 aromatic rings. The summed E-state index contributed by atoms with van der Waals surface area (Å²) < 4.78 is 5.90. The van der Waals surface area contributed by atoms with E-state index in [1.807, 2.05) is 13.0 Å². The van der Waals surface area contributed by atoms with E-state index in [4.69, 9.17) is 4.42 Å². The van der Waals surface area contributed by atoms with Gasteiger partial charge in [0.25, 0.3) is 0 Å². The molecule has 0 fully saturated rings. The van der Waals surface area contributed by atoms with Crippen LogP contribution < -0.4 is 0 Å². The van der Waals surface area contributed by atoms with E-state index < -0.39 is 0 Å². The molecule has 0 radical (unpaired) electrons. The second-order valence-corrected chi connectivity index (χ2v) is 7.97. The number of allylic oxidation sites excluding steroid dienone is 1. The quantitative estimate of drug-likeness (QED) is 0.358. The largest absolute Gasteiger partial charge is 0.462 e. The summed E-state index contributed by atoms with van der Waals surface area (Å²) in [6, 6.07) is 26.0. The lowest BCUT2D eigenvalue weighted by Crippen LogP contribution is -1.95. The first-order valence-corrected chi connectivity index (χ1v) is 10.2. The number of fused-ring (bicyclic) bond motifs is 1. The van der Waals surface area contributed by atoms with Crippen LogP contribution in [0.15, 0.2) is 77.2 Å². The second-order valence-electron chi connectivity index (χ2n) is 7.97. The van der Waals surface area contributed by atoms with E-state index in [9.17, 15) is 0 Å². The highest BCUT2D eigenvalue weighted by Gasteiger charge is 2.22. The van der Waals surface area contributed by atoms with E-state index in [0.29, 0.717) is 0 Å². The summed E-state index contributed by atoms with van der Waals surface area (Å²) >= 11 is 0. The normalized spacial score (nSPS) is 12.7. The van der Waals surface area contributed by atoms with Crippen molar-refractivity contribution in [2.24, 2.45) is 0 Å². The average Bonchev–Trinajstić information content (AvgIpc) is 3.36. The highest BCUT2D eigenvalue weighted by atomic mass is 16.3. The topological polar surface area (TPSA) is 13.1 Å². The molecular formula is C28H24O. The summed E-state index contributed by atoms with van der Waals surface area (Å²) in [6.07, 6.45) is 3.25. The zero-order valence-corrected chi connectivity index (χ0v) is 17.1. The zero-order valence-electron chi connectivity index (χ0n) is 17.1. The third-order valence-electron chi connectivity index (χ3n) is 6.01. The third kappa shape index (κ3) is 3.13. The first-order valence-electron chi connectivity index (χ1n) is 10.2. The van der Waals surface area contributed by atoms with Crippen LogP contribution in [0.25, 0.3) is 33.9 Å². The van der Waals surface area contributed by atoms with Crippen molar-refractivity contribution in [1.29, 1.82) is 0 Å². The van der Waals surface area contributed by atoms with Crippen LogP contribution in [0.1, 0.15) is 33.8 Å². The van der Waals surface area contributed by atoms with Crippen LogP contribution in [0, 0.1) is 20.8 Å². The maximum absolute atomic E-state index is 5.90. The molecule has 1 aliphatic rings. The predicted molar refractivity (Wildman–Crippen MR) is 122 cm³/mol. The monoisotopic (exact) mass is 376 g/mol. The number of aryl methyl sites for hydroxylation is 2. The van der Waals surface area contributed by atoms with E-state index in [2.05, 4.69) is 86.7 Å². The van der Waals surface area contributed by atoms with Crippen molar-refractivity contribution in [1.82, 2.24) is 0 Å². The molecule has 0 N–H and O–H groups in total. The first-order chi connectivity index (χ1) is 14.1. The standard InChI is InChI=1S/C28H24O/c1-18-15-24-16-25(27-14-9-19(2)29-27)17-26(24)28(20(18)3)23-12-10-22(11-13-23)21-7-5-4-6-8-21/h4-15,17H,16H2,1-3H3. The summed E-state index contributed by atoms with van der Waals surface area (Å²) in [4.78, 5) is 0. The molecule has 0 bridgehead atoms. The number of hydrogen-bond acceptors (Lipinski definition) is 1. The molecule has 1 nitrogen and oxygen atoms in total. The highest BCUT2D eigenvalue weighted by Crippen LogP contribution is 2.41. The van der Waals surface area contributed by atoms with E-state index in [1.165, 1.54) is 50.1 Å². The summed E-state index contributed by atoms with van der Waals surface area (Å²) in [5, 5.41) is 0. The van der Waals surface area contributed by atoms with E-state index in [1.54, 1.807) is 0 Å². The maximum Gasteiger partial charge on any atom is 0.130 e. The minimum absolute atomic E-state index is 0.929. The molecule has 0 saturated heterocycles. The Balaban J connectivity index is 1.60. The smallest absolute Gasteiger partial charge is 0.130 e. The minimum Gasteiger partial charge on any atom is -0.462 e. The zero-order chi connectivity index (χ0) is 20.0. The molecule has 0 spiro atoms. The van der Waals surface area contributed by atoms with Gasteiger partial charge in [0.1, 0.15) is 11.5 Å². The van der Waals surface area contributed by atoms with Gasteiger partial charge in [-0.05, 0) is 89.1 Å². The Labute approximate surface area is 172 Å². The number of rotatable bonds is 3. The van der Waals surface area contributed by atoms with Crippen LogP contribution in [-0.2, 0) is 6.42 Å². The molecule has 0 amide bonds. The maximum atomic E-state index is 5.90. The average molecular weight is 376 g/mol. The van der Waals surface area contributed by atoms with Crippen molar-refractivity contribution in [3.05, 3.63) is 107 Å². The molecule has 1 aliphatic carbocycles.